The maximum atomic E-state index is 12.8. The van der Waals surface area contributed by atoms with Crippen LogP contribution in [0.25, 0.3) is 16.9 Å². The molecule has 0 saturated carbocycles. The molecule has 7 nitrogen and oxygen atoms in total. The highest BCUT2D eigenvalue weighted by atomic mass is 16.5. The monoisotopic (exact) mass is 355 g/mol. The molecule has 2 heterocycles. The van der Waals surface area contributed by atoms with Crippen molar-refractivity contribution < 1.29 is 14.3 Å². The van der Waals surface area contributed by atoms with Gasteiger partial charge in [-0.3, -0.25) is 14.7 Å². The normalized spacial score (nSPS) is 10.9. The Balaban J connectivity index is 1.98. The topological polar surface area (TPSA) is 85.7 Å². The predicted molar refractivity (Wildman–Crippen MR) is 97.5 cm³/mol. The van der Waals surface area contributed by atoms with Gasteiger partial charge in [-0.2, -0.15) is 0 Å². The highest BCUT2D eigenvalue weighted by Crippen LogP contribution is 2.23. The van der Waals surface area contributed by atoms with Gasteiger partial charge in [-0.1, -0.05) is 12.1 Å². The number of rotatable bonds is 6. The Hall–Kier alpha value is -3.09. The summed E-state index contributed by atoms with van der Waals surface area (Å²) in [5.41, 5.74) is 3.11. The van der Waals surface area contributed by atoms with E-state index in [4.69, 9.17) is 9.47 Å². The molecule has 0 aliphatic rings. The lowest BCUT2D eigenvalue weighted by Crippen LogP contribution is -2.22. The van der Waals surface area contributed by atoms with Crippen LogP contribution < -0.4 is 10.3 Å². The second kappa shape index (κ2) is 7.43. The minimum Gasteiger partial charge on any atom is -0.497 e. The quantitative estimate of drug-likeness (QED) is 0.687. The fraction of sp³-hybridized carbons (Fsp3) is 0.316. The number of methoxy groups -OCH3 is 1. The largest absolute Gasteiger partial charge is 0.497 e. The van der Waals surface area contributed by atoms with E-state index in [0.29, 0.717) is 29.9 Å². The number of nitrogens with zero attached hydrogens (tertiary/aromatic N) is 2. The molecule has 2 aromatic heterocycles. The van der Waals surface area contributed by atoms with Crippen LogP contribution in [0.3, 0.4) is 0 Å². The van der Waals surface area contributed by atoms with Gasteiger partial charge in [-0.05, 0) is 32.4 Å². The molecular weight excluding hydrogens is 334 g/mol. The van der Waals surface area contributed by atoms with Gasteiger partial charge in [0.15, 0.2) is 5.65 Å². The van der Waals surface area contributed by atoms with Gasteiger partial charge in [-0.25, -0.2) is 9.50 Å². The number of hydrogen-bond acceptors (Lipinski definition) is 5. The average Bonchev–Trinajstić information content (AvgIpc) is 3.06. The molecule has 1 aromatic carbocycles. The molecule has 0 fully saturated rings. The highest BCUT2D eigenvalue weighted by molar-refractivity contribution is 5.70. The van der Waals surface area contributed by atoms with Crippen molar-refractivity contribution in [3.05, 3.63) is 51.9 Å². The smallest absolute Gasteiger partial charge is 0.306 e. The number of aromatic amines is 1. The molecular formula is C19H21N3O4. The number of benzene rings is 1. The SMILES string of the molecule is CCOC(=O)CCc1c(C)nc2cc(-c3cccc(OC)c3)[nH]n2c1=O. The number of esters is 1. The molecule has 0 saturated heterocycles. The second-order valence-electron chi connectivity index (χ2n) is 5.88. The third-order valence-electron chi connectivity index (χ3n) is 4.18. The first-order chi connectivity index (χ1) is 12.5. The molecule has 26 heavy (non-hydrogen) atoms. The summed E-state index contributed by atoms with van der Waals surface area (Å²) in [4.78, 5) is 28.9. The minimum absolute atomic E-state index is 0.154. The standard InChI is InChI=1S/C19H21N3O4/c1-4-26-18(23)9-8-15-12(2)20-17-11-16(21-22(17)19(15)24)13-6-5-7-14(10-13)25-3/h5-7,10-11,21H,4,8-9H2,1-3H3. The Labute approximate surface area is 150 Å². The van der Waals surface area contributed by atoms with Gasteiger partial charge in [0.2, 0.25) is 0 Å². The fourth-order valence-electron chi connectivity index (χ4n) is 2.86. The molecule has 0 aliphatic heterocycles. The third kappa shape index (κ3) is 3.46. The van der Waals surface area contributed by atoms with Gasteiger partial charge in [0.25, 0.3) is 5.56 Å². The Morgan fingerprint density at radius 1 is 1.31 bits per heavy atom. The zero-order chi connectivity index (χ0) is 18.7. The maximum Gasteiger partial charge on any atom is 0.306 e. The Kier molecular flexibility index (Phi) is 5.06. The van der Waals surface area contributed by atoms with Gasteiger partial charge in [0, 0.05) is 29.3 Å². The third-order valence-corrected chi connectivity index (χ3v) is 4.18. The second-order valence-corrected chi connectivity index (χ2v) is 5.88. The summed E-state index contributed by atoms with van der Waals surface area (Å²) in [6, 6.07) is 9.36. The van der Waals surface area contributed by atoms with E-state index in [1.807, 2.05) is 30.3 Å². The van der Waals surface area contributed by atoms with Crippen LogP contribution in [-0.2, 0) is 16.0 Å². The average molecular weight is 355 g/mol. The number of carbonyl (C=O) groups is 1. The van der Waals surface area contributed by atoms with Gasteiger partial charge in [0.05, 0.1) is 19.4 Å². The van der Waals surface area contributed by atoms with Crippen LogP contribution in [0.2, 0.25) is 0 Å². The van der Waals surface area contributed by atoms with Crippen molar-refractivity contribution in [2.24, 2.45) is 0 Å². The van der Waals surface area contributed by atoms with Crippen molar-refractivity contribution >= 4 is 11.6 Å². The van der Waals surface area contributed by atoms with E-state index in [1.165, 1.54) is 4.52 Å². The molecule has 0 radical (unpaired) electrons. The van der Waals surface area contributed by atoms with E-state index < -0.39 is 0 Å². The molecule has 0 unspecified atom stereocenters. The zero-order valence-electron chi connectivity index (χ0n) is 15.0. The van der Waals surface area contributed by atoms with E-state index >= 15 is 0 Å². The molecule has 0 atom stereocenters. The van der Waals surface area contributed by atoms with Crippen LogP contribution >= 0.6 is 0 Å². The van der Waals surface area contributed by atoms with Crippen molar-refractivity contribution in [1.82, 2.24) is 14.6 Å². The number of ether oxygens (including phenoxy) is 2. The number of fused-ring (bicyclic) bond motifs is 1. The summed E-state index contributed by atoms with van der Waals surface area (Å²) < 4.78 is 11.6. The molecule has 0 amide bonds. The highest BCUT2D eigenvalue weighted by Gasteiger charge is 2.14. The van der Waals surface area contributed by atoms with E-state index in [1.54, 1.807) is 21.0 Å². The molecule has 7 heteroatoms. The first-order valence-corrected chi connectivity index (χ1v) is 8.44. The summed E-state index contributed by atoms with van der Waals surface area (Å²) >= 11 is 0. The van der Waals surface area contributed by atoms with E-state index in [0.717, 1.165) is 17.0 Å². The van der Waals surface area contributed by atoms with Crippen LogP contribution in [0.15, 0.2) is 35.1 Å². The Morgan fingerprint density at radius 3 is 2.85 bits per heavy atom. The molecule has 0 bridgehead atoms. The number of aryl methyl sites for hydroxylation is 1. The van der Waals surface area contributed by atoms with Gasteiger partial charge in [0.1, 0.15) is 5.75 Å². The molecule has 3 aromatic rings. The molecule has 0 aliphatic carbocycles. The number of hydrogen-bond donors (Lipinski definition) is 1. The van der Waals surface area contributed by atoms with E-state index in [-0.39, 0.29) is 17.9 Å². The summed E-state index contributed by atoms with van der Waals surface area (Å²) in [7, 11) is 1.61. The Morgan fingerprint density at radius 2 is 2.12 bits per heavy atom. The fourth-order valence-corrected chi connectivity index (χ4v) is 2.86. The van der Waals surface area contributed by atoms with E-state index in [2.05, 4.69) is 10.1 Å². The van der Waals surface area contributed by atoms with Crippen molar-refractivity contribution in [3.63, 3.8) is 0 Å². The van der Waals surface area contributed by atoms with Crippen molar-refractivity contribution in [2.75, 3.05) is 13.7 Å². The molecule has 136 valence electrons. The number of nitrogens with one attached hydrogen (secondary N) is 1. The summed E-state index contributed by atoms with van der Waals surface area (Å²) in [5, 5.41) is 3.08. The van der Waals surface area contributed by atoms with E-state index in [9.17, 15) is 9.59 Å². The number of carbonyl (C=O) groups excluding carboxylic acids is 1. The molecule has 1 N–H and O–H groups in total. The van der Waals surface area contributed by atoms with Crippen LogP contribution in [0, 0.1) is 6.92 Å². The lowest BCUT2D eigenvalue weighted by Gasteiger charge is -2.05. The molecule has 3 rings (SSSR count). The Bertz CT molecular complexity index is 1000. The summed E-state index contributed by atoms with van der Waals surface area (Å²) in [6.07, 6.45) is 0.452. The summed E-state index contributed by atoms with van der Waals surface area (Å²) in [5.74, 6) is 0.410. The van der Waals surface area contributed by atoms with Crippen LogP contribution in [0.5, 0.6) is 5.75 Å². The first kappa shape index (κ1) is 17.7. The van der Waals surface area contributed by atoms with Crippen molar-refractivity contribution in [2.45, 2.75) is 26.7 Å². The number of aromatic nitrogens is 3. The molecule has 0 spiro atoms. The van der Waals surface area contributed by atoms with Gasteiger partial charge < -0.3 is 9.47 Å². The first-order valence-electron chi connectivity index (χ1n) is 8.44. The van der Waals surface area contributed by atoms with Crippen LogP contribution in [0.1, 0.15) is 24.6 Å². The lowest BCUT2D eigenvalue weighted by molar-refractivity contribution is -0.143. The number of H-pyrrole nitrogens is 1. The predicted octanol–water partition coefficient (Wildman–Crippen LogP) is 2.50. The minimum atomic E-state index is -0.319. The maximum absolute atomic E-state index is 12.8. The van der Waals surface area contributed by atoms with Crippen molar-refractivity contribution in [1.29, 1.82) is 0 Å². The summed E-state index contributed by atoms with van der Waals surface area (Å²) in [6.45, 7) is 3.86. The zero-order valence-corrected chi connectivity index (χ0v) is 15.0. The van der Waals surface area contributed by atoms with Gasteiger partial charge in [-0.15, -0.1) is 0 Å². The van der Waals surface area contributed by atoms with Crippen LogP contribution in [0.4, 0.5) is 0 Å². The lowest BCUT2D eigenvalue weighted by atomic mass is 10.1. The van der Waals surface area contributed by atoms with Crippen LogP contribution in [-0.4, -0.2) is 34.3 Å². The van der Waals surface area contributed by atoms with Gasteiger partial charge >= 0.3 is 5.97 Å². The van der Waals surface area contributed by atoms with Crippen molar-refractivity contribution in [3.8, 4) is 17.0 Å².